The second kappa shape index (κ2) is 8.05. The molecule has 1 aliphatic heterocycles. The fraction of sp³-hybridized carbons (Fsp3) is 0.318. The van der Waals surface area contributed by atoms with Gasteiger partial charge in [0, 0.05) is 55.2 Å². The number of anilines is 2. The molecule has 0 aliphatic carbocycles. The predicted octanol–water partition coefficient (Wildman–Crippen LogP) is 3.19. The van der Waals surface area contributed by atoms with Gasteiger partial charge < -0.3 is 29.6 Å². The number of amides is 1. The summed E-state index contributed by atoms with van der Waals surface area (Å²) >= 11 is 0. The van der Waals surface area contributed by atoms with Crippen LogP contribution >= 0.6 is 0 Å². The monoisotopic (exact) mass is 394 g/mol. The Labute approximate surface area is 170 Å². The predicted molar refractivity (Wildman–Crippen MR) is 116 cm³/mol. The largest absolute Gasteiger partial charge is 0.493 e. The lowest BCUT2D eigenvalue weighted by molar-refractivity contribution is 0.102. The number of aromatic nitrogens is 1. The van der Waals surface area contributed by atoms with Crippen LogP contribution in [0.1, 0.15) is 10.4 Å². The molecule has 1 saturated heterocycles. The highest BCUT2D eigenvalue weighted by molar-refractivity contribution is 6.13. The van der Waals surface area contributed by atoms with E-state index in [0.29, 0.717) is 17.1 Å². The Morgan fingerprint density at radius 1 is 1.00 bits per heavy atom. The summed E-state index contributed by atoms with van der Waals surface area (Å²) in [6, 6.07) is 11.7. The Bertz CT molecular complexity index is 1000. The summed E-state index contributed by atoms with van der Waals surface area (Å²) in [4.78, 5) is 20.7. The summed E-state index contributed by atoms with van der Waals surface area (Å²) in [6.45, 7) is 4.16. The fourth-order valence-electron chi connectivity index (χ4n) is 3.66. The molecule has 0 radical (unpaired) electrons. The van der Waals surface area contributed by atoms with Crippen molar-refractivity contribution in [3.8, 4) is 11.5 Å². The van der Waals surface area contributed by atoms with E-state index in [1.165, 1.54) is 5.69 Å². The van der Waals surface area contributed by atoms with Crippen molar-refractivity contribution in [2.75, 3.05) is 57.7 Å². The third kappa shape index (κ3) is 3.86. The number of fused-ring (bicyclic) bond motifs is 1. The highest BCUT2D eigenvalue weighted by atomic mass is 16.5. The van der Waals surface area contributed by atoms with Crippen LogP contribution in [0.3, 0.4) is 0 Å². The van der Waals surface area contributed by atoms with Gasteiger partial charge in [-0.25, -0.2) is 0 Å². The van der Waals surface area contributed by atoms with Crippen molar-refractivity contribution in [2.45, 2.75) is 0 Å². The minimum atomic E-state index is -0.171. The second-order valence-electron chi connectivity index (χ2n) is 7.25. The van der Waals surface area contributed by atoms with Crippen molar-refractivity contribution in [1.82, 2.24) is 9.88 Å². The number of carbonyl (C=O) groups is 1. The van der Waals surface area contributed by atoms with E-state index >= 15 is 0 Å². The highest BCUT2D eigenvalue weighted by Crippen LogP contribution is 2.33. The van der Waals surface area contributed by atoms with Gasteiger partial charge in [0.2, 0.25) is 0 Å². The van der Waals surface area contributed by atoms with Gasteiger partial charge in [-0.3, -0.25) is 4.79 Å². The first-order valence-corrected chi connectivity index (χ1v) is 9.67. The molecule has 4 rings (SSSR count). The smallest absolute Gasteiger partial charge is 0.257 e. The molecular weight excluding hydrogens is 368 g/mol. The average molecular weight is 394 g/mol. The van der Waals surface area contributed by atoms with E-state index in [4.69, 9.17) is 9.47 Å². The molecule has 3 aromatic rings. The summed E-state index contributed by atoms with van der Waals surface area (Å²) in [6.07, 6.45) is 1.71. The third-order valence-electron chi connectivity index (χ3n) is 5.42. The van der Waals surface area contributed by atoms with Crippen molar-refractivity contribution in [2.24, 2.45) is 0 Å². The molecule has 7 heteroatoms. The minimum Gasteiger partial charge on any atom is -0.493 e. The van der Waals surface area contributed by atoms with Gasteiger partial charge in [0.15, 0.2) is 11.5 Å². The lowest BCUT2D eigenvalue weighted by Crippen LogP contribution is -2.44. The van der Waals surface area contributed by atoms with E-state index < -0.39 is 0 Å². The number of nitrogens with zero attached hydrogens (tertiary/aromatic N) is 2. The first-order valence-electron chi connectivity index (χ1n) is 9.67. The SMILES string of the molecule is COc1cc2[nH]cc(C(=O)Nc3ccc(N4CCN(C)CC4)cc3)c2cc1OC. The molecule has 1 aromatic heterocycles. The summed E-state index contributed by atoms with van der Waals surface area (Å²) in [5, 5.41) is 3.77. The van der Waals surface area contributed by atoms with Crippen LogP contribution in [0.2, 0.25) is 0 Å². The highest BCUT2D eigenvalue weighted by Gasteiger charge is 2.17. The van der Waals surface area contributed by atoms with Crippen molar-refractivity contribution in [3.63, 3.8) is 0 Å². The molecule has 152 valence electrons. The number of rotatable bonds is 5. The zero-order valence-electron chi connectivity index (χ0n) is 17.0. The topological polar surface area (TPSA) is 69.8 Å². The zero-order valence-corrected chi connectivity index (χ0v) is 17.0. The van der Waals surface area contributed by atoms with E-state index in [0.717, 1.165) is 42.8 Å². The fourth-order valence-corrected chi connectivity index (χ4v) is 3.66. The number of benzene rings is 2. The Morgan fingerprint density at radius 3 is 2.31 bits per heavy atom. The lowest BCUT2D eigenvalue weighted by atomic mass is 10.1. The standard InChI is InChI=1S/C22H26N4O3/c1-25-8-10-26(11-9-25)16-6-4-15(5-7-16)24-22(27)18-14-23-19-13-21(29-3)20(28-2)12-17(18)19/h4-7,12-14,23H,8-11H2,1-3H3,(H,24,27). The van der Waals surface area contributed by atoms with E-state index in [9.17, 15) is 4.79 Å². The van der Waals surface area contributed by atoms with Gasteiger partial charge in [-0.1, -0.05) is 0 Å². The Morgan fingerprint density at radius 2 is 1.66 bits per heavy atom. The minimum absolute atomic E-state index is 0.171. The first kappa shape index (κ1) is 19.1. The molecule has 1 fully saturated rings. The maximum atomic E-state index is 12.8. The second-order valence-corrected chi connectivity index (χ2v) is 7.25. The number of likely N-dealkylation sites (N-methyl/N-ethyl adjacent to an activating group) is 1. The number of ether oxygens (including phenoxy) is 2. The van der Waals surface area contributed by atoms with Gasteiger partial charge in [-0.05, 0) is 37.4 Å². The van der Waals surface area contributed by atoms with Crippen molar-refractivity contribution in [1.29, 1.82) is 0 Å². The summed E-state index contributed by atoms with van der Waals surface area (Å²) in [5.41, 5.74) is 3.32. The zero-order chi connectivity index (χ0) is 20.4. The number of methoxy groups -OCH3 is 2. The molecule has 1 aliphatic rings. The molecule has 7 nitrogen and oxygen atoms in total. The molecule has 0 atom stereocenters. The van der Waals surface area contributed by atoms with Crippen LogP contribution in [-0.2, 0) is 0 Å². The van der Waals surface area contributed by atoms with E-state index in [-0.39, 0.29) is 5.91 Å². The molecule has 29 heavy (non-hydrogen) atoms. The molecule has 0 unspecified atom stereocenters. The Kier molecular flexibility index (Phi) is 5.31. The molecule has 2 heterocycles. The van der Waals surface area contributed by atoms with Crippen molar-refractivity contribution < 1.29 is 14.3 Å². The van der Waals surface area contributed by atoms with Crippen LogP contribution in [0.5, 0.6) is 11.5 Å². The summed E-state index contributed by atoms with van der Waals surface area (Å²) in [7, 11) is 5.32. The number of H-pyrrole nitrogens is 1. The number of aromatic amines is 1. The van der Waals surface area contributed by atoms with Crippen LogP contribution in [0.25, 0.3) is 10.9 Å². The number of carbonyl (C=O) groups excluding carboxylic acids is 1. The third-order valence-corrected chi connectivity index (χ3v) is 5.42. The molecule has 0 spiro atoms. The number of piperazine rings is 1. The normalized spacial score (nSPS) is 14.8. The first-order chi connectivity index (χ1) is 14.1. The molecule has 0 bridgehead atoms. The van der Waals surface area contributed by atoms with E-state index in [2.05, 4.69) is 39.3 Å². The number of hydrogen-bond donors (Lipinski definition) is 2. The Balaban J connectivity index is 1.50. The maximum Gasteiger partial charge on any atom is 0.257 e. The van der Waals surface area contributed by atoms with E-state index in [1.807, 2.05) is 24.3 Å². The van der Waals surface area contributed by atoms with Crippen molar-refractivity contribution >= 4 is 28.2 Å². The molecule has 1 amide bonds. The molecule has 2 N–H and O–H groups in total. The van der Waals surface area contributed by atoms with Crippen LogP contribution in [0.4, 0.5) is 11.4 Å². The Hall–Kier alpha value is -3.19. The lowest BCUT2D eigenvalue weighted by Gasteiger charge is -2.34. The van der Waals surface area contributed by atoms with Crippen LogP contribution < -0.4 is 19.7 Å². The van der Waals surface area contributed by atoms with Crippen molar-refractivity contribution in [3.05, 3.63) is 48.2 Å². The quantitative estimate of drug-likeness (QED) is 0.696. The van der Waals surface area contributed by atoms with Gasteiger partial charge in [0.25, 0.3) is 5.91 Å². The van der Waals surface area contributed by atoms with Crippen LogP contribution in [-0.4, -0.2) is 63.2 Å². The van der Waals surface area contributed by atoms with Crippen LogP contribution in [0, 0.1) is 0 Å². The maximum absolute atomic E-state index is 12.8. The molecule has 0 saturated carbocycles. The summed E-state index contributed by atoms with van der Waals surface area (Å²) in [5.74, 6) is 1.04. The number of nitrogens with one attached hydrogen (secondary N) is 2. The van der Waals surface area contributed by atoms with E-state index in [1.54, 1.807) is 20.4 Å². The molecule has 2 aromatic carbocycles. The molecular formula is C22H26N4O3. The van der Waals surface area contributed by atoms with Gasteiger partial charge in [0.05, 0.1) is 25.3 Å². The average Bonchev–Trinajstić information content (AvgIpc) is 3.16. The van der Waals surface area contributed by atoms with Crippen LogP contribution in [0.15, 0.2) is 42.6 Å². The number of hydrogen-bond acceptors (Lipinski definition) is 5. The van der Waals surface area contributed by atoms with Gasteiger partial charge in [-0.2, -0.15) is 0 Å². The van der Waals surface area contributed by atoms with Gasteiger partial charge in [-0.15, -0.1) is 0 Å². The summed E-state index contributed by atoms with van der Waals surface area (Å²) < 4.78 is 10.7. The van der Waals surface area contributed by atoms with Gasteiger partial charge in [0.1, 0.15) is 0 Å². The van der Waals surface area contributed by atoms with Gasteiger partial charge >= 0.3 is 0 Å².